The van der Waals surface area contributed by atoms with Crippen molar-refractivity contribution in [2.75, 3.05) is 6.54 Å². The van der Waals surface area contributed by atoms with Crippen LogP contribution in [0.4, 0.5) is 13.2 Å². The number of furan rings is 1. The third kappa shape index (κ3) is 8.49. The minimum atomic E-state index is -4.64. The van der Waals surface area contributed by atoms with Crippen LogP contribution in [0.25, 0.3) is 0 Å². The second kappa shape index (κ2) is 12.4. The first-order valence-corrected chi connectivity index (χ1v) is 13.3. The molecular formula is C28H34ClF3N2O5. The molecule has 0 radical (unpaired) electrons. The zero-order valence-electron chi connectivity index (χ0n) is 22.2. The van der Waals surface area contributed by atoms with Crippen molar-refractivity contribution in [3.63, 3.8) is 0 Å². The summed E-state index contributed by atoms with van der Waals surface area (Å²) in [6.07, 6.45) is -1.82. The monoisotopic (exact) mass is 570 g/mol. The number of carbonyl (C=O) groups excluding carboxylic acids is 2. The Morgan fingerprint density at radius 1 is 1.08 bits per heavy atom. The molecular weight excluding hydrogens is 537 g/mol. The van der Waals surface area contributed by atoms with Crippen molar-refractivity contribution in [3.8, 4) is 0 Å². The lowest BCUT2D eigenvalue weighted by Crippen LogP contribution is -2.43. The van der Waals surface area contributed by atoms with E-state index in [1.807, 2.05) is 0 Å². The van der Waals surface area contributed by atoms with Gasteiger partial charge >= 0.3 is 12.1 Å². The minimum absolute atomic E-state index is 0.0215. The number of aliphatic carboxylic acids is 1. The van der Waals surface area contributed by atoms with Crippen LogP contribution < -0.4 is 5.32 Å². The van der Waals surface area contributed by atoms with Gasteiger partial charge in [0.2, 0.25) is 5.91 Å². The van der Waals surface area contributed by atoms with Crippen molar-refractivity contribution in [2.24, 2.45) is 11.3 Å². The molecule has 1 aliphatic rings. The molecule has 1 saturated carbocycles. The van der Waals surface area contributed by atoms with Crippen LogP contribution in [0.15, 0.2) is 34.7 Å². The van der Waals surface area contributed by atoms with E-state index in [4.69, 9.17) is 21.1 Å². The third-order valence-electron chi connectivity index (χ3n) is 7.21. The maximum Gasteiger partial charge on any atom is 0.417 e. The second-order valence-electron chi connectivity index (χ2n) is 11.0. The van der Waals surface area contributed by atoms with E-state index in [1.54, 1.807) is 11.0 Å². The fourth-order valence-corrected chi connectivity index (χ4v) is 5.20. The summed E-state index contributed by atoms with van der Waals surface area (Å²) in [5.74, 6) is -1.17. The number of amides is 2. The van der Waals surface area contributed by atoms with E-state index in [0.29, 0.717) is 11.7 Å². The summed E-state index contributed by atoms with van der Waals surface area (Å²) in [5, 5.41) is 10.8. The Kier molecular flexibility index (Phi) is 9.74. The Bertz CT molecular complexity index is 1180. The molecule has 214 valence electrons. The zero-order valence-corrected chi connectivity index (χ0v) is 23.0. The van der Waals surface area contributed by atoms with Gasteiger partial charge in [-0.05, 0) is 66.8 Å². The zero-order chi connectivity index (χ0) is 29.0. The topological polar surface area (TPSA) is 99.8 Å². The quantitative estimate of drug-likeness (QED) is 0.367. The highest BCUT2D eigenvalue weighted by atomic mass is 35.5. The van der Waals surface area contributed by atoms with Gasteiger partial charge in [-0.15, -0.1) is 0 Å². The molecule has 11 heteroatoms. The summed E-state index contributed by atoms with van der Waals surface area (Å²) in [6.45, 7) is 6.54. The summed E-state index contributed by atoms with van der Waals surface area (Å²) < 4.78 is 45.8. The summed E-state index contributed by atoms with van der Waals surface area (Å²) in [5.41, 5.74) is -0.666. The SMILES string of the molecule is CC(C)(C)C1CCC(N(Cc2ccc(C(=O)NCCC(=O)O)o2)C(=O)Cc2ccc(Cl)c(C(F)(F)F)c2)CC1. The average Bonchev–Trinajstić information content (AvgIpc) is 3.31. The molecule has 0 saturated heterocycles. The van der Waals surface area contributed by atoms with Crippen LogP contribution in [0.5, 0.6) is 0 Å². The van der Waals surface area contributed by atoms with Crippen molar-refractivity contribution in [1.29, 1.82) is 0 Å². The first kappa shape index (κ1) is 30.5. The summed E-state index contributed by atoms with van der Waals surface area (Å²) in [6, 6.07) is 6.34. The second-order valence-corrected chi connectivity index (χ2v) is 11.5. The van der Waals surface area contributed by atoms with Gasteiger partial charge in [0.15, 0.2) is 5.76 Å². The number of benzene rings is 1. The number of nitrogens with zero attached hydrogens (tertiary/aromatic N) is 1. The molecule has 1 heterocycles. The number of carbonyl (C=O) groups is 3. The number of nitrogens with one attached hydrogen (secondary N) is 1. The molecule has 0 atom stereocenters. The molecule has 7 nitrogen and oxygen atoms in total. The smallest absolute Gasteiger partial charge is 0.417 e. The van der Waals surface area contributed by atoms with Crippen LogP contribution in [-0.4, -0.2) is 40.4 Å². The van der Waals surface area contributed by atoms with Gasteiger partial charge in [0, 0.05) is 12.6 Å². The van der Waals surface area contributed by atoms with E-state index in [-0.39, 0.29) is 54.6 Å². The third-order valence-corrected chi connectivity index (χ3v) is 7.54. The molecule has 1 aromatic carbocycles. The fourth-order valence-electron chi connectivity index (χ4n) is 4.97. The lowest BCUT2D eigenvalue weighted by molar-refractivity contribution is -0.138. The first-order valence-electron chi connectivity index (χ1n) is 12.9. The molecule has 1 aliphatic carbocycles. The maximum absolute atomic E-state index is 13.5. The molecule has 1 fully saturated rings. The lowest BCUT2D eigenvalue weighted by atomic mass is 9.71. The highest BCUT2D eigenvalue weighted by Crippen LogP contribution is 2.40. The number of halogens is 4. The van der Waals surface area contributed by atoms with Gasteiger partial charge in [-0.25, -0.2) is 0 Å². The van der Waals surface area contributed by atoms with Gasteiger partial charge in [0.05, 0.1) is 30.0 Å². The molecule has 0 spiro atoms. The van der Waals surface area contributed by atoms with Crippen molar-refractivity contribution >= 4 is 29.4 Å². The van der Waals surface area contributed by atoms with E-state index >= 15 is 0 Å². The molecule has 39 heavy (non-hydrogen) atoms. The molecule has 0 bridgehead atoms. The number of hydrogen-bond acceptors (Lipinski definition) is 4. The number of alkyl halides is 3. The van der Waals surface area contributed by atoms with Crippen LogP contribution in [-0.2, 0) is 28.7 Å². The van der Waals surface area contributed by atoms with Crippen molar-refractivity contribution in [2.45, 2.75) is 78.1 Å². The van der Waals surface area contributed by atoms with E-state index in [2.05, 4.69) is 26.1 Å². The molecule has 1 aromatic heterocycles. The highest BCUT2D eigenvalue weighted by Gasteiger charge is 2.36. The van der Waals surface area contributed by atoms with Gasteiger partial charge in [0.25, 0.3) is 5.91 Å². The first-order chi connectivity index (χ1) is 18.1. The van der Waals surface area contributed by atoms with Gasteiger partial charge in [0.1, 0.15) is 5.76 Å². The minimum Gasteiger partial charge on any atom is -0.481 e. The van der Waals surface area contributed by atoms with E-state index in [1.165, 1.54) is 12.1 Å². The highest BCUT2D eigenvalue weighted by molar-refractivity contribution is 6.31. The molecule has 0 unspecified atom stereocenters. The number of carboxylic acid groups (broad SMARTS) is 1. The Hall–Kier alpha value is -3.01. The number of carboxylic acids is 1. The average molecular weight is 571 g/mol. The Balaban J connectivity index is 1.79. The van der Waals surface area contributed by atoms with Crippen molar-refractivity contribution in [3.05, 3.63) is 58.0 Å². The number of rotatable bonds is 9. The maximum atomic E-state index is 13.5. The van der Waals surface area contributed by atoms with Crippen LogP contribution in [0.1, 0.15) is 80.3 Å². The molecule has 3 rings (SSSR count). The van der Waals surface area contributed by atoms with Gasteiger partial charge in [-0.3, -0.25) is 14.4 Å². The van der Waals surface area contributed by atoms with E-state index in [0.717, 1.165) is 37.8 Å². The molecule has 2 N–H and O–H groups in total. The Labute approximate surface area is 230 Å². The Morgan fingerprint density at radius 3 is 2.33 bits per heavy atom. The van der Waals surface area contributed by atoms with Crippen molar-refractivity contribution < 1.29 is 37.1 Å². The molecule has 2 aromatic rings. The predicted molar refractivity (Wildman–Crippen MR) is 139 cm³/mol. The van der Waals surface area contributed by atoms with Crippen LogP contribution in [0.3, 0.4) is 0 Å². The fraction of sp³-hybridized carbons (Fsp3) is 0.536. The van der Waals surface area contributed by atoms with Gasteiger partial charge < -0.3 is 19.7 Å². The van der Waals surface area contributed by atoms with Crippen LogP contribution in [0.2, 0.25) is 5.02 Å². The van der Waals surface area contributed by atoms with Crippen LogP contribution in [0, 0.1) is 11.3 Å². The van der Waals surface area contributed by atoms with E-state index in [9.17, 15) is 27.6 Å². The largest absolute Gasteiger partial charge is 0.481 e. The molecule has 2 amide bonds. The normalized spacial score (nSPS) is 18.0. The van der Waals surface area contributed by atoms with E-state index < -0.39 is 28.6 Å². The summed E-state index contributed by atoms with van der Waals surface area (Å²) >= 11 is 5.74. The lowest BCUT2D eigenvalue weighted by Gasteiger charge is -2.41. The van der Waals surface area contributed by atoms with Crippen molar-refractivity contribution in [1.82, 2.24) is 10.2 Å². The van der Waals surface area contributed by atoms with Crippen LogP contribution >= 0.6 is 11.6 Å². The Morgan fingerprint density at radius 2 is 1.74 bits per heavy atom. The standard InChI is InChI=1S/C28H34ClF3N2O5/c1-27(2,3)18-5-7-19(8-6-18)34(16-20-9-11-23(39-20)26(38)33-13-12-25(36)37)24(35)15-17-4-10-22(29)21(14-17)28(30,31)32/h4,9-11,14,18-19H,5-8,12-13,15-16H2,1-3H3,(H,33,38)(H,36,37). The summed E-state index contributed by atoms with van der Waals surface area (Å²) in [7, 11) is 0. The molecule has 0 aliphatic heterocycles. The van der Waals surface area contributed by atoms with Gasteiger partial charge in [-0.1, -0.05) is 38.4 Å². The summed E-state index contributed by atoms with van der Waals surface area (Å²) in [4.78, 5) is 38.1. The number of hydrogen-bond donors (Lipinski definition) is 2. The predicted octanol–water partition coefficient (Wildman–Crippen LogP) is 6.33. The van der Waals surface area contributed by atoms with Gasteiger partial charge in [-0.2, -0.15) is 13.2 Å².